The molecule has 0 heterocycles. The van der Waals surface area contributed by atoms with Crippen LogP contribution in [0.25, 0.3) is 0 Å². The smallest absolute Gasteiger partial charge is 0.243 e. The summed E-state index contributed by atoms with van der Waals surface area (Å²) < 4.78 is 5.33. The number of para-hydroxylation sites is 1. The Morgan fingerprint density at radius 2 is 2.05 bits per heavy atom. The van der Waals surface area contributed by atoms with Crippen LogP contribution in [0, 0.1) is 0 Å². The lowest BCUT2D eigenvalue weighted by molar-refractivity contribution is -0.124. The van der Waals surface area contributed by atoms with Crippen molar-refractivity contribution in [3.63, 3.8) is 0 Å². The first-order valence-electron chi connectivity index (χ1n) is 6.43. The Kier molecular flexibility index (Phi) is 4.32. The zero-order valence-corrected chi connectivity index (χ0v) is 11.7. The highest BCUT2D eigenvalue weighted by atomic mass is 35.5. The van der Waals surface area contributed by atoms with Gasteiger partial charge in [-0.25, -0.2) is 0 Å². The van der Waals surface area contributed by atoms with Crippen molar-refractivity contribution < 1.29 is 9.53 Å². The normalized spacial score (nSPS) is 26.9. The van der Waals surface area contributed by atoms with Gasteiger partial charge in [-0.05, 0) is 37.8 Å². The number of halogens is 1. The van der Waals surface area contributed by atoms with Crippen molar-refractivity contribution in [2.45, 2.75) is 37.3 Å². The maximum Gasteiger partial charge on any atom is 0.243 e. The summed E-state index contributed by atoms with van der Waals surface area (Å²) in [6.45, 7) is 0. The summed E-state index contributed by atoms with van der Waals surface area (Å²) >= 11 is 6.13. The van der Waals surface area contributed by atoms with Gasteiger partial charge in [0.05, 0.1) is 16.8 Å². The van der Waals surface area contributed by atoms with Crippen LogP contribution in [0.15, 0.2) is 24.3 Å². The minimum absolute atomic E-state index is 0.209. The minimum atomic E-state index is -0.722. The van der Waals surface area contributed by atoms with E-state index in [0.29, 0.717) is 17.9 Å². The summed E-state index contributed by atoms with van der Waals surface area (Å²) in [6.07, 6.45) is 3.16. The molecule has 1 aliphatic rings. The minimum Gasteiger partial charge on any atom is -0.381 e. The molecule has 0 saturated heterocycles. The Hall–Kier alpha value is -1.26. The number of benzene rings is 1. The van der Waals surface area contributed by atoms with Crippen molar-refractivity contribution in [1.29, 1.82) is 0 Å². The highest BCUT2D eigenvalue weighted by Crippen LogP contribution is 2.34. The lowest BCUT2D eigenvalue weighted by Gasteiger charge is -2.38. The first kappa shape index (κ1) is 14.2. The number of rotatable bonds is 4. The molecule has 1 aromatic rings. The molecule has 1 fully saturated rings. The maximum absolute atomic E-state index is 11.9. The van der Waals surface area contributed by atoms with E-state index in [0.717, 1.165) is 18.5 Å². The number of carbonyl (C=O) groups is 1. The number of hydrogen-bond donors (Lipinski definition) is 2. The summed E-state index contributed by atoms with van der Waals surface area (Å²) in [7, 11) is 1.70. The van der Waals surface area contributed by atoms with Gasteiger partial charge in [0, 0.05) is 7.11 Å². The third-order valence-corrected chi connectivity index (χ3v) is 4.17. The predicted octanol–water partition coefficient (Wildman–Crippen LogP) is 2.57. The molecule has 0 atom stereocenters. The molecular formula is C14H19ClN2O2. The predicted molar refractivity (Wildman–Crippen MR) is 76.3 cm³/mol. The van der Waals surface area contributed by atoms with Gasteiger partial charge in [0.25, 0.3) is 0 Å². The first-order valence-corrected chi connectivity index (χ1v) is 6.80. The van der Waals surface area contributed by atoms with E-state index in [1.165, 1.54) is 0 Å². The second-order valence-electron chi connectivity index (χ2n) is 4.99. The lowest BCUT2D eigenvalue weighted by atomic mass is 9.79. The molecule has 1 amide bonds. The van der Waals surface area contributed by atoms with Crippen LogP contribution in [0.1, 0.15) is 25.7 Å². The molecule has 1 saturated carbocycles. The quantitative estimate of drug-likeness (QED) is 0.892. The number of carbonyl (C=O) groups excluding carboxylic acids is 1. The molecule has 5 heteroatoms. The van der Waals surface area contributed by atoms with Crippen molar-refractivity contribution >= 4 is 23.2 Å². The molecule has 2 rings (SSSR count). The number of anilines is 1. The van der Waals surface area contributed by atoms with Gasteiger partial charge in [0.15, 0.2) is 0 Å². The number of hydrogen-bond acceptors (Lipinski definition) is 3. The highest BCUT2D eigenvalue weighted by molar-refractivity contribution is 6.33. The zero-order valence-electron chi connectivity index (χ0n) is 11.0. The SMILES string of the molecule is COC1CCC(Nc2ccccc2Cl)(C(N)=O)CC1. The number of ether oxygens (including phenoxy) is 1. The molecule has 104 valence electrons. The van der Waals surface area contributed by atoms with E-state index in [-0.39, 0.29) is 12.0 Å². The van der Waals surface area contributed by atoms with E-state index in [1.54, 1.807) is 13.2 Å². The van der Waals surface area contributed by atoms with Gasteiger partial charge in [0.1, 0.15) is 5.54 Å². The molecule has 1 aromatic carbocycles. The fourth-order valence-corrected chi connectivity index (χ4v) is 2.76. The van der Waals surface area contributed by atoms with Crippen molar-refractivity contribution in [2.75, 3.05) is 12.4 Å². The van der Waals surface area contributed by atoms with Crippen molar-refractivity contribution in [3.05, 3.63) is 29.3 Å². The van der Waals surface area contributed by atoms with E-state index < -0.39 is 5.54 Å². The van der Waals surface area contributed by atoms with E-state index in [9.17, 15) is 4.79 Å². The Morgan fingerprint density at radius 1 is 1.42 bits per heavy atom. The van der Waals surface area contributed by atoms with Gasteiger partial charge in [-0.3, -0.25) is 4.79 Å². The number of nitrogens with two attached hydrogens (primary N) is 1. The monoisotopic (exact) mass is 282 g/mol. The van der Waals surface area contributed by atoms with Crippen LogP contribution >= 0.6 is 11.6 Å². The summed E-state index contributed by atoms with van der Waals surface area (Å²) in [5.74, 6) is -0.332. The molecule has 0 radical (unpaired) electrons. The molecule has 3 N–H and O–H groups in total. The van der Waals surface area contributed by atoms with Gasteiger partial charge >= 0.3 is 0 Å². The molecule has 0 spiro atoms. The second-order valence-corrected chi connectivity index (χ2v) is 5.39. The standard InChI is InChI=1S/C14H19ClN2O2/c1-19-10-6-8-14(9-7-10,13(16)18)17-12-5-3-2-4-11(12)15/h2-5,10,17H,6-9H2,1H3,(H2,16,18). The Bertz CT molecular complexity index is 457. The largest absolute Gasteiger partial charge is 0.381 e. The van der Waals surface area contributed by atoms with Crippen LogP contribution < -0.4 is 11.1 Å². The van der Waals surface area contributed by atoms with Crippen LogP contribution in [0.4, 0.5) is 5.69 Å². The van der Waals surface area contributed by atoms with E-state index >= 15 is 0 Å². The van der Waals surface area contributed by atoms with Crippen LogP contribution in [0.5, 0.6) is 0 Å². The molecular weight excluding hydrogens is 264 g/mol. The third-order valence-electron chi connectivity index (χ3n) is 3.84. The molecule has 0 aliphatic heterocycles. The average Bonchev–Trinajstić information content (AvgIpc) is 2.42. The summed E-state index contributed by atoms with van der Waals surface area (Å²) in [5.41, 5.74) is 5.63. The Balaban J connectivity index is 2.18. The molecule has 0 unspecified atom stereocenters. The maximum atomic E-state index is 11.9. The Morgan fingerprint density at radius 3 is 2.58 bits per heavy atom. The van der Waals surface area contributed by atoms with Crippen LogP contribution in [-0.2, 0) is 9.53 Å². The molecule has 4 nitrogen and oxygen atoms in total. The topological polar surface area (TPSA) is 64.3 Å². The average molecular weight is 283 g/mol. The zero-order chi connectivity index (χ0) is 13.9. The first-order chi connectivity index (χ1) is 9.07. The number of primary amides is 1. The van der Waals surface area contributed by atoms with E-state index in [4.69, 9.17) is 22.1 Å². The Labute approximate surface area is 118 Å². The lowest BCUT2D eigenvalue weighted by Crippen LogP contribution is -2.53. The van der Waals surface area contributed by atoms with E-state index in [1.807, 2.05) is 18.2 Å². The van der Waals surface area contributed by atoms with E-state index in [2.05, 4.69) is 5.32 Å². The summed E-state index contributed by atoms with van der Waals surface area (Å²) in [5, 5.41) is 3.84. The summed E-state index contributed by atoms with van der Waals surface area (Å²) in [6, 6.07) is 7.38. The second kappa shape index (κ2) is 5.80. The van der Waals surface area contributed by atoms with Crippen LogP contribution in [0.3, 0.4) is 0 Å². The van der Waals surface area contributed by atoms with Gasteiger partial charge < -0.3 is 15.8 Å². The molecule has 0 bridgehead atoms. The number of methoxy groups -OCH3 is 1. The van der Waals surface area contributed by atoms with Crippen molar-refractivity contribution in [3.8, 4) is 0 Å². The third kappa shape index (κ3) is 3.01. The van der Waals surface area contributed by atoms with Crippen LogP contribution in [-0.4, -0.2) is 24.7 Å². The fourth-order valence-electron chi connectivity index (χ4n) is 2.57. The fraction of sp³-hybridized carbons (Fsp3) is 0.500. The van der Waals surface area contributed by atoms with Crippen LogP contribution in [0.2, 0.25) is 5.02 Å². The molecule has 1 aliphatic carbocycles. The van der Waals surface area contributed by atoms with Gasteiger partial charge in [-0.15, -0.1) is 0 Å². The van der Waals surface area contributed by atoms with Crippen molar-refractivity contribution in [2.24, 2.45) is 5.73 Å². The highest BCUT2D eigenvalue weighted by Gasteiger charge is 2.40. The van der Waals surface area contributed by atoms with Gasteiger partial charge in [0.2, 0.25) is 5.91 Å². The summed E-state index contributed by atoms with van der Waals surface area (Å²) in [4.78, 5) is 11.9. The van der Waals surface area contributed by atoms with Gasteiger partial charge in [-0.1, -0.05) is 23.7 Å². The van der Waals surface area contributed by atoms with Gasteiger partial charge in [-0.2, -0.15) is 0 Å². The van der Waals surface area contributed by atoms with Crippen molar-refractivity contribution in [1.82, 2.24) is 0 Å². The molecule has 19 heavy (non-hydrogen) atoms. The number of nitrogens with one attached hydrogen (secondary N) is 1. The molecule has 0 aromatic heterocycles. The number of amides is 1.